The summed E-state index contributed by atoms with van der Waals surface area (Å²) < 4.78 is 39.5. The maximum Gasteiger partial charge on any atom is 0.407 e. The van der Waals surface area contributed by atoms with Crippen molar-refractivity contribution in [2.45, 2.75) is 25.9 Å². The molecule has 1 aliphatic heterocycles. The fraction of sp³-hybridized carbons (Fsp3) is 0.350. The Kier molecular flexibility index (Phi) is 5.54. The molecule has 0 saturated carbocycles. The van der Waals surface area contributed by atoms with Gasteiger partial charge in [0, 0.05) is 30.9 Å². The van der Waals surface area contributed by atoms with Crippen LogP contribution in [0, 0.1) is 19.4 Å². The Balaban J connectivity index is 1.64. The summed E-state index contributed by atoms with van der Waals surface area (Å²) in [5.41, 5.74) is 0.0778. The Hall–Kier alpha value is -3.08. The molecule has 0 bridgehead atoms. The van der Waals surface area contributed by atoms with Crippen LogP contribution in [0.2, 0.25) is 0 Å². The Morgan fingerprint density at radius 3 is 2.54 bits per heavy atom. The predicted octanol–water partition coefficient (Wildman–Crippen LogP) is 4.81. The number of halogens is 3. The monoisotopic (exact) mass is 388 g/mol. The molecule has 1 amide bonds. The van der Waals surface area contributed by atoms with Gasteiger partial charge in [-0.05, 0) is 43.5 Å². The summed E-state index contributed by atoms with van der Waals surface area (Å²) in [6.07, 6.45) is -1.84. The third kappa shape index (κ3) is 4.42. The van der Waals surface area contributed by atoms with Crippen molar-refractivity contribution in [3.63, 3.8) is 0 Å². The summed E-state index contributed by atoms with van der Waals surface area (Å²) in [7, 11) is 0. The van der Waals surface area contributed by atoms with Crippen molar-refractivity contribution in [2.75, 3.05) is 23.3 Å². The van der Waals surface area contributed by atoms with Crippen molar-refractivity contribution < 1.29 is 18.0 Å². The Bertz CT molecular complexity index is 895. The average Bonchev–Trinajstić information content (AvgIpc) is 2.68. The molecule has 5 nitrogen and oxygen atoms in total. The first-order valence-electron chi connectivity index (χ1n) is 8.85. The van der Waals surface area contributed by atoms with Gasteiger partial charge in [0.2, 0.25) is 5.91 Å². The van der Waals surface area contributed by atoms with Crippen molar-refractivity contribution in [3.8, 4) is 0 Å². The average molecular weight is 388 g/mol. The number of aryl methyl sites for hydroxylation is 1. The summed E-state index contributed by atoms with van der Waals surface area (Å²) in [4.78, 5) is 21.3. The lowest BCUT2D eigenvalue weighted by Crippen LogP contribution is -2.38. The molecule has 0 spiro atoms. The number of benzene rings is 1. The fourth-order valence-corrected chi connectivity index (χ4v) is 3.22. The lowest BCUT2D eigenvalue weighted by molar-refractivity contribution is -0.136. The van der Waals surface area contributed by atoms with E-state index in [2.05, 4.69) is 15.1 Å². The number of aromatic nitrogens is 1. The Morgan fingerprint density at radius 2 is 1.96 bits per heavy atom. The minimum absolute atomic E-state index is 0.129. The van der Waals surface area contributed by atoms with E-state index in [0.717, 1.165) is 11.6 Å². The van der Waals surface area contributed by atoms with Gasteiger partial charge in [0.1, 0.15) is 5.82 Å². The molecule has 1 N–H and O–H groups in total. The topological polar surface area (TPSA) is 49.6 Å². The van der Waals surface area contributed by atoms with Crippen LogP contribution in [0.1, 0.15) is 24.0 Å². The number of hydrogen-bond donors (Lipinski definition) is 1. The van der Waals surface area contributed by atoms with E-state index in [1.165, 1.54) is 12.1 Å². The lowest BCUT2D eigenvalue weighted by Gasteiger charge is -2.33. The lowest BCUT2D eigenvalue weighted by atomic mass is 9.95. The van der Waals surface area contributed by atoms with E-state index in [1.54, 1.807) is 12.3 Å². The zero-order valence-electron chi connectivity index (χ0n) is 15.3. The number of piperidine rings is 1. The molecule has 1 fully saturated rings. The summed E-state index contributed by atoms with van der Waals surface area (Å²) in [6.45, 7) is 9.76. The van der Waals surface area contributed by atoms with Crippen molar-refractivity contribution in [3.05, 3.63) is 59.1 Å². The van der Waals surface area contributed by atoms with Gasteiger partial charge >= 0.3 is 6.18 Å². The van der Waals surface area contributed by atoms with E-state index >= 15 is 0 Å². The van der Waals surface area contributed by atoms with E-state index in [4.69, 9.17) is 6.57 Å². The molecule has 28 heavy (non-hydrogen) atoms. The van der Waals surface area contributed by atoms with Gasteiger partial charge in [-0.1, -0.05) is 12.1 Å². The third-order valence-corrected chi connectivity index (χ3v) is 4.80. The largest absolute Gasteiger partial charge is 0.407 e. The fourth-order valence-electron chi connectivity index (χ4n) is 3.22. The maximum absolute atomic E-state index is 13.2. The standard InChI is InChI=1S/C20H19F3N4O/c1-13-3-6-18(25-12-13)26-19(28)14-7-9-27(10-8-14)15-4-5-17(24-2)16(11-15)20(21,22)23/h3-6,11-12,14H,7-10H2,1H3,(H,25,26,28). The van der Waals surface area contributed by atoms with Crippen molar-refractivity contribution in [1.29, 1.82) is 0 Å². The minimum atomic E-state index is -4.57. The van der Waals surface area contributed by atoms with Crippen molar-refractivity contribution >= 4 is 23.1 Å². The molecule has 8 heteroatoms. The van der Waals surface area contributed by atoms with Crippen LogP contribution in [0.25, 0.3) is 4.85 Å². The van der Waals surface area contributed by atoms with E-state index in [-0.39, 0.29) is 11.8 Å². The molecular formula is C20H19F3N4O. The summed E-state index contributed by atoms with van der Waals surface area (Å²) >= 11 is 0. The van der Waals surface area contributed by atoms with Gasteiger partial charge in [-0.3, -0.25) is 4.79 Å². The molecule has 146 valence electrons. The molecule has 2 aromatic rings. The predicted molar refractivity (Wildman–Crippen MR) is 100 cm³/mol. The van der Waals surface area contributed by atoms with Gasteiger partial charge in [0.15, 0.2) is 5.69 Å². The second-order valence-corrected chi connectivity index (χ2v) is 6.78. The van der Waals surface area contributed by atoms with Gasteiger partial charge in [0.25, 0.3) is 0 Å². The summed E-state index contributed by atoms with van der Waals surface area (Å²) in [5.74, 6) is 0.141. The van der Waals surface area contributed by atoms with E-state index < -0.39 is 17.4 Å². The van der Waals surface area contributed by atoms with Crippen LogP contribution in [0.15, 0.2) is 36.5 Å². The smallest absolute Gasteiger partial charge is 0.372 e. The zero-order valence-corrected chi connectivity index (χ0v) is 15.3. The molecular weight excluding hydrogens is 369 g/mol. The van der Waals surface area contributed by atoms with Crippen LogP contribution >= 0.6 is 0 Å². The second kappa shape index (κ2) is 7.89. The highest BCUT2D eigenvalue weighted by Gasteiger charge is 2.34. The molecule has 1 aromatic heterocycles. The molecule has 1 aliphatic rings. The number of nitrogens with zero attached hydrogens (tertiary/aromatic N) is 3. The van der Waals surface area contributed by atoms with E-state index in [1.807, 2.05) is 17.9 Å². The van der Waals surface area contributed by atoms with E-state index in [0.29, 0.717) is 37.4 Å². The number of rotatable bonds is 3. The van der Waals surface area contributed by atoms with Crippen LogP contribution in [0.5, 0.6) is 0 Å². The highest BCUT2D eigenvalue weighted by Crippen LogP contribution is 2.39. The molecule has 1 saturated heterocycles. The van der Waals surface area contributed by atoms with Crippen LogP contribution in [0.3, 0.4) is 0 Å². The van der Waals surface area contributed by atoms with Gasteiger partial charge in [-0.15, -0.1) is 0 Å². The number of carbonyl (C=O) groups excluding carboxylic acids is 1. The number of pyridine rings is 1. The number of nitrogens with one attached hydrogen (secondary N) is 1. The zero-order chi connectivity index (χ0) is 20.3. The molecule has 0 aliphatic carbocycles. The molecule has 0 radical (unpaired) electrons. The van der Waals surface area contributed by atoms with Gasteiger partial charge in [-0.25, -0.2) is 9.83 Å². The highest BCUT2D eigenvalue weighted by molar-refractivity contribution is 5.91. The quantitative estimate of drug-likeness (QED) is 0.768. The van der Waals surface area contributed by atoms with Gasteiger partial charge < -0.3 is 10.2 Å². The van der Waals surface area contributed by atoms with Gasteiger partial charge in [-0.2, -0.15) is 13.2 Å². The van der Waals surface area contributed by atoms with Crippen molar-refractivity contribution in [1.82, 2.24) is 4.98 Å². The molecule has 1 aromatic carbocycles. The molecule has 0 atom stereocenters. The third-order valence-electron chi connectivity index (χ3n) is 4.80. The second-order valence-electron chi connectivity index (χ2n) is 6.78. The van der Waals surface area contributed by atoms with E-state index in [9.17, 15) is 18.0 Å². The number of hydrogen-bond acceptors (Lipinski definition) is 3. The first-order valence-corrected chi connectivity index (χ1v) is 8.85. The first-order chi connectivity index (χ1) is 13.3. The summed E-state index contributed by atoms with van der Waals surface area (Å²) in [5, 5.41) is 2.79. The first kappa shape index (κ1) is 19.7. The molecule has 2 heterocycles. The van der Waals surface area contributed by atoms with Crippen molar-refractivity contribution in [2.24, 2.45) is 5.92 Å². The molecule has 0 unspecified atom stereocenters. The maximum atomic E-state index is 13.2. The summed E-state index contributed by atoms with van der Waals surface area (Å²) in [6, 6.07) is 7.34. The van der Waals surface area contributed by atoms with Crippen LogP contribution in [-0.2, 0) is 11.0 Å². The van der Waals surface area contributed by atoms with Crippen LogP contribution in [0.4, 0.5) is 30.4 Å². The number of carbonyl (C=O) groups is 1. The SMILES string of the molecule is [C-]#[N+]c1ccc(N2CCC(C(=O)Nc3ccc(C)cn3)CC2)cc1C(F)(F)F. The van der Waals surface area contributed by atoms with Crippen LogP contribution < -0.4 is 10.2 Å². The Morgan fingerprint density at radius 1 is 1.25 bits per heavy atom. The van der Waals surface area contributed by atoms with Crippen LogP contribution in [-0.4, -0.2) is 24.0 Å². The van der Waals surface area contributed by atoms with Gasteiger partial charge in [0.05, 0.1) is 12.1 Å². The highest BCUT2D eigenvalue weighted by atomic mass is 19.4. The normalized spacial score (nSPS) is 15.2. The molecule has 3 rings (SSSR count). The number of anilines is 2. The number of alkyl halides is 3. The number of amides is 1. The Labute approximate surface area is 161 Å². The minimum Gasteiger partial charge on any atom is -0.372 e.